The molecule has 2 rings (SSSR count). The first-order valence-corrected chi connectivity index (χ1v) is 7.19. The molecule has 1 saturated carbocycles. The highest BCUT2D eigenvalue weighted by molar-refractivity contribution is 5.99. The second-order valence-electron chi connectivity index (χ2n) is 5.56. The minimum absolute atomic E-state index is 0.0255. The quantitative estimate of drug-likeness (QED) is 0.721. The van der Waals surface area contributed by atoms with Crippen LogP contribution in [0.3, 0.4) is 0 Å². The van der Waals surface area contributed by atoms with Crippen molar-refractivity contribution in [2.45, 2.75) is 32.6 Å². The maximum atomic E-state index is 12.0. The fourth-order valence-electron chi connectivity index (χ4n) is 2.82. The van der Waals surface area contributed by atoms with Gasteiger partial charge in [-0.1, -0.05) is 12.8 Å². The van der Waals surface area contributed by atoms with E-state index in [1.54, 1.807) is 0 Å². The van der Waals surface area contributed by atoms with Crippen LogP contribution < -0.4 is 5.32 Å². The smallest absolute Gasteiger partial charge is 0.306 e. The predicted octanol–water partition coefficient (Wildman–Crippen LogP) is 1.84. The van der Waals surface area contributed by atoms with E-state index < -0.39 is 5.97 Å². The van der Waals surface area contributed by atoms with E-state index in [1.165, 1.54) is 19.2 Å². The lowest BCUT2D eigenvalue weighted by Crippen LogP contribution is -2.37. The van der Waals surface area contributed by atoms with Crippen LogP contribution in [0.15, 0.2) is 12.3 Å². The summed E-state index contributed by atoms with van der Waals surface area (Å²) in [6.07, 6.45) is 4.92. The summed E-state index contributed by atoms with van der Waals surface area (Å²) in [5.74, 6) is -1.61. The number of Topliss-reactive ketones (excluding diaryl/α,β-unsaturated/α-hetero) is 1. The van der Waals surface area contributed by atoms with Crippen LogP contribution in [0.1, 0.15) is 53.5 Å². The summed E-state index contributed by atoms with van der Waals surface area (Å²) < 4.78 is 0. The number of aromatic amines is 1. The zero-order valence-electron chi connectivity index (χ0n) is 12.0. The molecule has 0 spiro atoms. The number of aromatic nitrogens is 1. The molecular formula is C15H20N2O4. The van der Waals surface area contributed by atoms with E-state index >= 15 is 0 Å². The van der Waals surface area contributed by atoms with Gasteiger partial charge in [0.2, 0.25) is 0 Å². The molecule has 114 valence electrons. The lowest BCUT2D eigenvalue weighted by molar-refractivity contribution is -0.144. The normalized spacial score (nSPS) is 21.8. The van der Waals surface area contributed by atoms with Crippen LogP contribution in [-0.4, -0.2) is 34.3 Å². The standard InChI is InChI=1S/C15H20N2O4/c1-9(18)11-6-13(16-8-11)14(19)17-7-10-4-2-3-5-12(10)15(20)21/h6,8,10,12,16H,2-5,7H2,1H3,(H,17,19)(H,20,21). The van der Waals surface area contributed by atoms with Crippen molar-refractivity contribution in [1.29, 1.82) is 0 Å². The summed E-state index contributed by atoms with van der Waals surface area (Å²) in [7, 11) is 0. The minimum atomic E-state index is -0.785. The van der Waals surface area contributed by atoms with Crippen LogP contribution in [0.5, 0.6) is 0 Å². The van der Waals surface area contributed by atoms with Crippen molar-refractivity contribution in [2.75, 3.05) is 6.54 Å². The van der Waals surface area contributed by atoms with E-state index in [0.29, 0.717) is 24.2 Å². The number of carbonyl (C=O) groups is 3. The Hall–Kier alpha value is -2.11. The molecule has 2 unspecified atom stereocenters. The monoisotopic (exact) mass is 292 g/mol. The number of amides is 1. The zero-order chi connectivity index (χ0) is 15.4. The number of aliphatic carboxylic acids is 1. The molecule has 3 N–H and O–H groups in total. The molecule has 1 aromatic rings. The highest BCUT2D eigenvalue weighted by Gasteiger charge is 2.30. The van der Waals surface area contributed by atoms with Gasteiger partial charge < -0.3 is 15.4 Å². The van der Waals surface area contributed by atoms with Crippen molar-refractivity contribution in [3.63, 3.8) is 0 Å². The van der Waals surface area contributed by atoms with Crippen LogP contribution >= 0.6 is 0 Å². The average molecular weight is 292 g/mol. The summed E-state index contributed by atoms with van der Waals surface area (Å²) in [6.45, 7) is 1.79. The van der Waals surface area contributed by atoms with Gasteiger partial charge in [-0.25, -0.2) is 0 Å². The fourth-order valence-corrected chi connectivity index (χ4v) is 2.82. The number of hydrogen-bond donors (Lipinski definition) is 3. The Kier molecular flexibility index (Phi) is 4.77. The van der Waals surface area contributed by atoms with Gasteiger partial charge in [0, 0.05) is 18.3 Å². The summed E-state index contributed by atoms with van der Waals surface area (Å²) in [5, 5.41) is 12.0. The lowest BCUT2D eigenvalue weighted by atomic mass is 9.79. The molecule has 0 aliphatic heterocycles. The molecule has 1 fully saturated rings. The molecule has 1 heterocycles. The third kappa shape index (κ3) is 3.71. The molecule has 1 aromatic heterocycles. The largest absolute Gasteiger partial charge is 0.481 e. The number of H-pyrrole nitrogens is 1. The van der Waals surface area contributed by atoms with Gasteiger partial charge >= 0.3 is 5.97 Å². The minimum Gasteiger partial charge on any atom is -0.481 e. The van der Waals surface area contributed by atoms with E-state index in [4.69, 9.17) is 0 Å². The number of carboxylic acids is 1. The molecule has 1 aliphatic carbocycles. The highest BCUT2D eigenvalue weighted by Crippen LogP contribution is 2.29. The second kappa shape index (κ2) is 6.56. The average Bonchev–Trinajstić information content (AvgIpc) is 2.95. The van der Waals surface area contributed by atoms with Gasteiger partial charge in [-0.15, -0.1) is 0 Å². The van der Waals surface area contributed by atoms with Gasteiger partial charge in [0.25, 0.3) is 5.91 Å². The topological polar surface area (TPSA) is 99.3 Å². The molecule has 0 aromatic carbocycles. The van der Waals surface area contributed by atoms with Crippen LogP contribution in [0.2, 0.25) is 0 Å². The van der Waals surface area contributed by atoms with Crippen molar-refractivity contribution in [1.82, 2.24) is 10.3 Å². The Bertz CT molecular complexity index is 550. The van der Waals surface area contributed by atoms with Crippen LogP contribution in [0, 0.1) is 11.8 Å². The van der Waals surface area contributed by atoms with E-state index in [0.717, 1.165) is 19.3 Å². The van der Waals surface area contributed by atoms with Gasteiger partial charge in [0.1, 0.15) is 5.69 Å². The Morgan fingerprint density at radius 3 is 2.67 bits per heavy atom. The van der Waals surface area contributed by atoms with Crippen molar-refractivity contribution in [3.8, 4) is 0 Å². The summed E-state index contributed by atoms with van der Waals surface area (Å²) >= 11 is 0. The maximum absolute atomic E-state index is 12.0. The molecule has 2 atom stereocenters. The Morgan fingerprint density at radius 1 is 1.33 bits per heavy atom. The van der Waals surface area contributed by atoms with Gasteiger partial charge in [-0.05, 0) is 31.7 Å². The van der Waals surface area contributed by atoms with E-state index in [9.17, 15) is 19.5 Å². The van der Waals surface area contributed by atoms with Crippen molar-refractivity contribution in [3.05, 3.63) is 23.5 Å². The molecular weight excluding hydrogens is 272 g/mol. The zero-order valence-corrected chi connectivity index (χ0v) is 12.0. The number of nitrogens with one attached hydrogen (secondary N) is 2. The van der Waals surface area contributed by atoms with Gasteiger partial charge in [-0.3, -0.25) is 14.4 Å². The lowest BCUT2D eigenvalue weighted by Gasteiger charge is -2.28. The van der Waals surface area contributed by atoms with Crippen LogP contribution in [0.25, 0.3) is 0 Å². The van der Waals surface area contributed by atoms with Crippen molar-refractivity contribution in [2.24, 2.45) is 11.8 Å². The summed E-state index contributed by atoms with van der Waals surface area (Å²) in [6, 6.07) is 1.51. The van der Waals surface area contributed by atoms with E-state index in [-0.39, 0.29) is 23.5 Å². The van der Waals surface area contributed by atoms with Crippen molar-refractivity contribution >= 4 is 17.7 Å². The second-order valence-corrected chi connectivity index (χ2v) is 5.56. The SMILES string of the molecule is CC(=O)c1c[nH]c(C(=O)NCC2CCCCC2C(=O)O)c1. The van der Waals surface area contributed by atoms with Gasteiger partial charge in [-0.2, -0.15) is 0 Å². The Morgan fingerprint density at radius 2 is 2.05 bits per heavy atom. The van der Waals surface area contributed by atoms with E-state index in [2.05, 4.69) is 10.3 Å². The molecule has 0 saturated heterocycles. The first-order chi connectivity index (χ1) is 9.99. The van der Waals surface area contributed by atoms with Crippen LogP contribution in [0.4, 0.5) is 0 Å². The molecule has 0 radical (unpaired) electrons. The van der Waals surface area contributed by atoms with Gasteiger partial charge in [0.05, 0.1) is 5.92 Å². The maximum Gasteiger partial charge on any atom is 0.306 e. The highest BCUT2D eigenvalue weighted by atomic mass is 16.4. The third-order valence-corrected chi connectivity index (χ3v) is 4.09. The number of carbonyl (C=O) groups excluding carboxylic acids is 2. The van der Waals surface area contributed by atoms with E-state index in [1.807, 2.05) is 0 Å². The van der Waals surface area contributed by atoms with Crippen LogP contribution in [-0.2, 0) is 4.79 Å². The molecule has 6 heteroatoms. The summed E-state index contributed by atoms with van der Waals surface area (Å²) in [5.41, 5.74) is 0.782. The number of carboxylic acid groups (broad SMARTS) is 1. The Balaban J connectivity index is 1.93. The summed E-state index contributed by atoms with van der Waals surface area (Å²) in [4.78, 5) is 37.1. The third-order valence-electron chi connectivity index (χ3n) is 4.09. The van der Waals surface area contributed by atoms with Gasteiger partial charge in [0.15, 0.2) is 5.78 Å². The molecule has 1 amide bonds. The first kappa shape index (κ1) is 15.3. The molecule has 6 nitrogen and oxygen atoms in total. The number of hydrogen-bond acceptors (Lipinski definition) is 3. The number of rotatable bonds is 5. The predicted molar refractivity (Wildman–Crippen MR) is 76.2 cm³/mol. The molecule has 21 heavy (non-hydrogen) atoms. The fraction of sp³-hybridized carbons (Fsp3) is 0.533. The number of ketones is 1. The Labute approximate surface area is 122 Å². The van der Waals surface area contributed by atoms with Crippen molar-refractivity contribution < 1.29 is 19.5 Å². The molecule has 0 bridgehead atoms. The molecule has 1 aliphatic rings. The first-order valence-electron chi connectivity index (χ1n) is 7.19.